The summed E-state index contributed by atoms with van der Waals surface area (Å²) in [5, 5.41) is 0. The molecule has 0 spiro atoms. The molecule has 2 aliphatic heterocycles. The van der Waals surface area contributed by atoms with Gasteiger partial charge in [-0.15, -0.1) is 0 Å². The monoisotopic (exact) mass is 380 g/mol. The van der Waals surface area contributed by atoms with Gasteiger partial charge < -0.3 is 14.2 Å². The van der Waals surface area contributed by atoms with E-state index < -0.39 is 0 Å². The predicted octanol–water partition coefficient (Wildman–Crippen LogP) is 6.80. The van der Waals surface area contributed by atoms with E-state index in [4.69, 9.17) is 14.2 Å². The lowest BCUT2D eigenvalue weighted by Crippen LogP contribution is -2.12. The lowest BCUT2D eigenvalue weighted by atomic mass is 10.1. The molecule has 0 aromatic rings. The van der Waals surface area contributed by atoms with Gasteiger partial charge in [0.1, 0.15) is 6.10 Å². The highest BCUT2D eigenvalue weighted by Gasteiger charge is 2.39. The van der Waals surface area contributed by atoms with Crippen LogP contribution in [0.3, 0.4) is 0 Å². The highest BCUT2D eigenvalue weighted by molar-refractivity contribution is 4.81. The average Bonchev–Trinajstić information content (AvgIpc) is 3.21. The van der Waals surface area contributed by atoms with Crippen LogP contribution in [0.15, 0.2) is 12.2 Å². The number of hydrogen-bond acceptors (Lipinski definition) is 3. The molecule has 0 N–H and O–H groups in total. The highest BCUT2D eigenvalue weighted by Crippen LogP contribution is 2.29. The summed E-state index contributed by atoms with van der Waals surface area (Å²) in [6, 6.07) is 0. The Bertz CT molecular complexity index is 363. The van der Waals surface area contributed by atoms with E-state index in [9.17, 15) is 0 Å². The molecule has 3 nitrogen and oxygen atoms in total. The summed E-state index contributed by atoms with van der Waals surface area (Å²) in [7, 11) is 0. The minimum absolute atomic E-state index is 0.0855. The topological polar surface area (TPSA) is 31.0 Å². The molecule has 0 saturated carbocycles. The van der Waals surface area contributed by atoms with Crippen molar-refractivity contribution < 1.29 is 14.2 Å². The maximum atomic E-state index is 5.81. The van der Waals surface area contributed by atoms with Gasteiger partial charge in [0.25, 0.3) is 0 Å². The second kappa shape index (κ2) is 15.5. The first-order valence-electron chi connectivity index (χ1n) is 11.9. The zero-order valence-electron chi connectivity index (χ0n) is 17.8. The van der Waals surface area contributed by atoms with Crippen molar-refractivity contribution >= 4 is 0 Å². The van der Waals surface area contributed by atoms with Gasteiger partial charge in [-0.05, 0) is 38.5 Å². The number of epoxide rings is 1. The van der Waals surface area contributed by atoms with Gasteiger partial charge in [0.2, 0.25) is 0 Å². The van der Waals surface area contributed by atoms with Gasteiger partial charge >= 0.3 is 0 Å². The molecular weight excluding hydrogens is 336 g/mol. The first-order chi connectivity index (χ1) is 13.4. The molecule has 0 radical (unpaired) electrons. The van der Waals surface area contributed by atoms with E-state index in [0.717, 1.165) is 26.2 Å². The largest absolute Gasteiger partial charge is 0.381 e. The molecule has 0 aliphatic carbocycles. The molecule has 0 aromatic carbocycles. The van der Waals surface area contributed by atoms with Crippen molar-refractivity contribution in [1.82, 2.24) is 0 Å². The molecule has 0 bridgehead atoms. The molecule has 3 unspecified atom stereocenters. The van der Waals surface area contributed by atoms with E-state index in [1.165, 1.54) is 89.9 Å². The molecule has 3 heteroatoms. The standard InChI is InChI=1S/C24H44O3/c1-2-3-4-5-6-7-8-9-10-11-12-13-14-15-16-17-23-24(27-23)26-21-22-18-19-25-20-22/h9-10,22-24H,2-8,11-21H2,1H3/b10-9-. The van der Waals surface area contributed by atoms with Crippen LogP contribution in [0.2, 0.25) is 0 Å². The summed E-state index contributed by atoms with van der Waals surface area (Å²) in [6.45, 7) is 4.86. The Kier molecular flexibility index (Phi) is 13.2. The van der Waals surface area contributed by atoms with Crippen LogP contribution < -0.4 is 0 Å². The van der Waals surface area contributed by atoms with Gasteiger partial charge in [0.15, 0.2) is 6.29 Å². The van der Waals surface area contributed by atoms with E-state index >= 15 is 0 Å². The molecule has 0 amide bonds. The summed E-state index contributed by atoms with van der Waals surface area (Å²) >= 11 is 0. The first kappa shape index (κ1) is 22.9. The molecule has 2 heterocycles. The predicted molar refractivity (Wildman–Crippen MR) is 113 cm³/mol. The maximum absolute atomic E-state index is 5.81. The molecule has 2 aliphatic rings. The quantitative estimate of drug-likeness (QED) is 0.149. The van der Waals surface area contributed by atoms with Gasteiger partial charge in [0, 0.05) is 12.5 Å². The highest BCUT2D eigenvalue weighted by atomic mass is 16.8. The zero-order valence-corrected chi connectivity index (χ0v) is 17.8. The molecule has 27 heavy (non-hydrogen) atoms. The number of ether oxygens (including phenoxy) is 3. The maximum Gasteiger partial charge on any atom is 0.184 e. The number of allylic oxidation sites excluding steroid dienone is 2. The lowest BCUT2D eigenvalue weighted by Gasteiger charge is -2.06. The third kappa shape index (κ3) is 11.9. The van der Waals surface area contributed by atoms with Gasteiger partial charge in [-0.3, -0.25) is 0 Å². The molecule has 2 saturated heterocycles. The summed E-state index contributed by atoms with van der Waals surface area (Å²) in [4.78, 5) is 0. The molecule has 0 aromatic heterocycles. The second-order valence-corrected chi connectivity index (χ2v) is 8.48. The first-order valence-corrected chi connectivity index (χ1v) is 11.9. The van der Waals surface area contributed by atoms with Gasteiger partial charge in [-0.1, -0.05) is 76.9 Å². The summed E-state index contributed by atoms with van der Waals surface area (Å²) in [5.41, 5.74) is 0. The second-order valence-electron chi connectivity index (χ2n) is 8.48. The van der Waals surface area contributed by atoms with Crippen molar-refractivity contribution in [2.45, 2.75) is 116 Å². The van der Waals surface area contributed by atoms with Crippen LogP contribution >= 0.6 is 0 Å². The van der Waals surface area contributed by atoms with E-state index in [-0.39, 0.29) is 6.29 Å². The van der Waals surface area contributed by atoms with E-state index in [1.54, 1.807) is 0 Å². The fourth-order valence-electron chi connectivity index (χ4n) is 3.84. The zero-order chi connectivity index (χ0) is 19.0. The van der Waals surface area contributed by atoms with Crippen molar-refractivity contribution in [2.75, 3.05) is 19.8 Å². The van der Waals surface area contributed by atoms with E-state index in [0.29, 0.717) is 12.0 Å². The number of rotatable bonds is 18. The lowest BCUT2D eigenvalue weighted by molar-refractivity contribution is 0.0251. The Morgan fingerprint density at radius 3 is 2.19 bits per heavy atom. The van der Waals surface area contributed by atoms with Crippen molar-refractivity contribution in [1.29, 1.82) is 0 Å². The summed E-state index contributed by atoms with van der Waals surface area (Å²) in [5.74, 6) is 0.592. The number of unbranched alkanes of at least 4 members (excludes halogenated alkanes) is 11. The van der Waals surface area contributed by atoms with Crippen LogP contribution in [-0.4, -0.2) is 32.2 Å². The van der Waals surface area contributed by atoms with Crippen LogP contribution in [0.1, 0.15) is 103 Å². The smallest absolute Gasteiger partial charge is 0.184 e. The average molecular weight is 381 g/mol. The normalized spacial score (nSPS) is 24.9. The minimum Gasteiger partial charge on any atom is -0.381 e. The van der Waals surface area contributed by atoms with Crippen LogP contribution in [0, 0.1) is 5.92 Å². The fraction of sp³-hybridized carbons (Fsp3) is 0.917. The van der Waals surface area contributed by atoms with E-state index in [1.807, 2.05) is 0 Å². The van der Waals surface area contributed by atoms with E-state index in [2.05, 4.69) is 19.1 Å². The number of hydrogen-bond donors (Lipinski definition) is 0. The summed E-state index contributed by atoms with van der Waals surface area (Å²) < 4.78 is 16.8. The van der Waals surface area contributed by atoms with Crippen LogP contribution in [0.4, 0.5) is 0 Å². The van der Waals surface area contributed by atoms with Crippen molar-refractivity contribution in [2.24, 2.45) is 5.92 Å². The van der Waals surface area contributed by atoms with Crippen molar-refractivity contribution in [3.05, 3.63) is 12.2 Å². The van der Waals surface area contributed by atoms with Crippen molar-refractivity contribution in [3.8, 4) is 0 Å². The Balaban J connectivity index is 1.26. The molecule has 2 rings (SSSR count). The molecule has 2 fully saturated rings. The van der Waals surface area contributed by atoms with Gasteiger partial charge in [-0.25, -0.2) is 0 Å². The van der Waals surface area contributed by atoms with Crippen molar-refractivity contribution in [3.63, 3.8) is 0 Å². The summed E-state index contributed by atoms with van der Waals surface area (Å²) in [6.07, 6.45) is 25.2. The minimum atomic E-state index is 0.0855. The molecular formula is C24H44O3. The Morgan fingerprint density at radius 1 is 0.852 bits per heavy atom. The molecule has 3 atom stereocenters. The van der Waals surface area contributed by atoms with Crippen LogP contribution in [0.5, 0.6) is 0 Å². The van der Waals surface area contributed by atoms with Crippen LogP contribution in [0.25, 0.3) is 0 Å². The molecule has 158 valence electrons. The SMILES string of the molecule is CCCCCCCC/C=C\CCCCCCCC1OC1OCC1CCOC1. The van der Waals surface area contributed by atoms with Gasteiger partial charge in [0.05, 0.1) is 13.2 Å². The third-order valence-electron chi connectivity index (χ3n) is 5.81. The fourth-order valence-corrected chi connectivity index (χ4v) is 3.84. The van der Waals surface area contributed by atoms with Gasteiger partial charge in [-0.2, -0.15) is 0 Å². The Hall–Kier alpha value is -0.380. The third-order valence-corrected chi connectivity index (χ3v) is 5.81. The Labute approximate surface area is 168 Å². The Morgan fingerprint density at radius 2 is 1.52 bits per heavy atom. The van der Waals surface area contributed by atoms with Crippen LogP contribution in [-0.2, 0) is 14.2 Å².